The average Bonchev–Trinajstić information content (AvgIpc) is 2.16. The summed E-state index contributed by atoms with van der Waals surface area (Å²) in [4.78, 5) is 10.7. The number of carboxylic acids is 1. The molecule has 1 rings (SSSR count). The van der Waals surface area contributed by atoms with Gasteiger partial charge in [-0.1, -0.05) is 0 Å². The van der Waals surface area contributed by atoms with Crippen LogP contribution in [0.5, 0.6) is 0 Å². The van der Waals surface area contributed by atoms with Gasteiger partial charge in [0, 0.05) is 13.7 Å². The molecule has 0 amide bonds. The Morgan fingerprint density at radius 2 is 2.00 bits per heavy atom. The van der Waals surface area contributed by atoms with Crippen molar-refractivity contribution in [2.75, 3.05) is 25.2 Å². The van der Waals surface area contributed by atoms with Gasteiger partial charge in [-0.15, -0.1) is 0 Å². The van der Waals surface area contributed by atoms with E-state index in [1.54, 1.807) is 0 Å². The quantitative estimate of drug-likeness (QED) is 0.770. The van der Waals surface area contributed by atoms with Crippen LogP contribution < -0.4 is 0 Å². The number of carboxylic acid groups (broad SMARTS) is 1. The number of rotatable bonds is 5. The Morgan fingerprint density at radius 3 is 2.44 bits per heavy atom. The molecule has 1 N–H and O–H groups in total. The van der Waals surface area contributed by atoms with E-state index in [0.717, 1.165) is 0 Å². The lowest BCUT2D eigenvalue weighted by atomic mass is 9.86. The van der Waals surface area contributed by atoms with Gasteiger partial charge in [0.25, 0.3) is 0 Å². The largest absolute Gasteiger partial charge is 0.481 e. The summed E-state index contributed by atoms with van der Waals surface area (Å²) in [5, 5.41) is 8.77. The zero-order chi connectivity index (χ0) is 12.2. The van der Waals surface area contributed by atoms with Crippen molar-refractivity contribution in [3.8, 4) is 0 Å². The van der Waals surface area contributed by atoms with Gasteiger partial charge in [-0.3, -0.25) is 4.79 Å². The van der Waals surface area contributed by atoms with E-state index < -0.39 is 15.8 Å². The minimum atomic E-state index is -2.88. The van der Waals surface area contributed by atoms with Crippen LogP contribution in [0.15, 0.2) is 0 Å². The average molecular weight is 250 g/mol. The third-order valence-electron chi connectivity index (χ3n) is 3.08. The molecule has 0 aliphatic carbocycles. The molecule has 0 bridgehead atoms. The van der Waals surface area contributed by atoms with E-state index in [-0.39, 0.29) is 29.8 Å². The van der Waals surface area contributed by atoms with Crippen molar-refractivity contribution in [1.29, 1.82) is 0 Å². The lowest BCUT2D eigenvalue weighted by Gasteiger charge is -2.28. The third-order valence-corrected chi connectivity index (χ3v) is 4.80. The van der Waals surface area contributed by atoms with Crippen molar-refractivity contribution in [1.82, 2.24) is 0 Å². The molecule has 94 valence electrons. The Labute approximate surface area is 95.7 Å². The fraction of sp³-hybridized carbons (Fsp3) is 0.900. The number of hydrogen-bond acceptors (Lipinski definition) is 4. The summed E-state index contributed by atoms with van der Waals surface area (Å²) in [6, 6.07) is 0. The smallest absolute Gasteiger partial charge is 0.303 e. The molecule has 1 unspecified atom stereocenters. The monoisotopic (exact) mass is 250 g/mol. The van der Waals surface area contributed by atoms with Crippen LogP contribution in [-0.4, -0.2) is 44.7 Å². The fourth-order valence-corrected chi connectivity index (χ4v) is 3.71. The van der Waals surface area contributed by atoms with E-state index in [0.29, 0.717) is 19.4 Å². The van der Waals surface area contributed by atoms with Gasteiger partial charge in [-0.2, -0.15) is 0 Å². The molecule has 1 heterocycles. The molecule has 5 nitrogen and oxygen atoms in total. The Kier molecular flexibility index (Phi) is 4.73. The van der Waals surface area contributed by atoms with E-state index in [1.165, 1.54) is 7.11 Å². The summed E-state index contributed by atoms with van der Waals surface area (Å²) < 4.78 is 27.5. The molecule has 0 aromatic rings. The van der Waals surface area contributed by atoms with Gasteiger partial charge in [-0.05, 0) is 24.7 Å². The predicted molar refractivity (Wildman–Crippen MR) is 59.0 cm³/mol. The van der Waals surface area contributed by atoms with Crippen LogP contribution in [0.1, 0.15) is 19.3 Å². The highest BCUT2D eigenvalue weighted by Gasteiger charge is 2.30. The maximum atomic E-state index is 11.3. The van der Waals surface area contributed by atoms with Gasteiger partial charge in [0.1, 0.15) is 9.84 Å². The van der Waals surface area contributed by atoms with Crippen molar-refractivity contribution in [3.05, 3.63) is 0 Å². The lowest BCUT2D eigenvalue weighted by molar-refractivity contribution is -0.139. The van der Waals surface area contributed by atoms with E-state index in [9.17, 15) is 13.2 Å². The second kappa shape index (κ2) is 5.63. The zero-order valence-electron chi connectivity index (χ0n) is 9.39. The molecule has 6 heteroatoms. The first-order chi connectivity index (χ1) is 7.44. The number of carbonyl (C=O) groups is 1. The Balaban J connectivity index is 2.56. The number of sulfone groups is 1. The summed E-state index contributed by atoms with van der Waals surface area (Å²) in [6.07, 6.45) is 1.17. The van der Waals surface area contributed by atoms with Gasteiger partial charge in [0.05, 0.1) is 17.9 Å². The van der Waals surface area contributed by atoms with Gasteiger partial charge in [0.15, 0.2) is 0 Å². The highest BCUT2D eigenvalue weighted by Crippen LogP contribution is 2.28. The SMILES string of the molecule is COCC(CC(=O)O)C1CCS(=O)(=O)CC1. The fourth-order valence-electron chi connectivity index (χ4n) is 2.18. The van der Waals surface area contributed by atoms with Crippen LogP contribution in [0.2, 0.25) is 0 Å². The van der Waals surface area contributed by atoms with Crippen molar-refractivity contribution < 1.29 is 23.1 Å². The highest BCUT2D eigenvalue weighted by molar-refractivity contribution is 7.91. The van der Waals surface area contributed by atoms with E-state index in [4.69, 9.17) is 9.84 Å². The summed E-state index contributed by atoms with van der Waals surface area (Å²) in [6.45, 7) is 0.386. The molecule has 16 heavy (non-hydrogen) atoms. The molecular weight excluding hydrogens is 232 g/mol. The maximum Gasteiger partial charge on any atom is 0.303 e. The van der Waals surface area contributed by atoms with Gasteiger partial charge in [0.2, 0.25) is 0 Å². The van der Waals surface area contributed by atoms with Crippen LogP contribution in [0, 0.1) is 11.8 Å². The molecule has 0 aromatic carbocycles. The Bertz CT molecular complexity index is 321. The predicted octanol–water partition coefficient (Wildman–Crippen LogP) is 0.549. The van der Waals surface area contributed by atoms with Crippen LogP contribution in [-0.2, 0) is 19.4 Å². The second-order valence-electron chi connectivity index (χ2n) is 4.30. The molecule has 1 saturated heterocycles. The first-order valence-corrected chi connectivity index (χ1v) is 7.18. The number of hydrogen-bond donors (Lipinski definition) is 1. The summed E-state index contributed by atoms with van der Waals surface area (Å²) in [7, 11) is -1.34. The van der Waals surface area contributed by atoms with Gasteiger partial charge < -0.3 is 9.84 Å². The summed E-state index contributed by atoms with van der Waals surface area (Å²) in [5.74, 6) is -0.414. The molecule has 0 aromatic heterocycles. The third kappa shape index (κ3) is 4.09. The first-order valence-electron chi connectivity index (χ1n) is 5.36. The topological polar surface area (TPSA) is 80.7 Å². The lowest BCUT2D eigenvalue weighted by Crippen LogP contribution is -2.31. The number of ether oxygens (including phenoxy) is 1. The van der Waals surface area contributed by atoms with E-state index >= 15 is 0 Å². The van der Waals surface area contributed by atoms with Crippen LogP contribution in [0.3, 0.4) is 0 Å². The molecule has 1 aliphatic rings. The van der Waals surface area contributed by atoms with Crippen molar-refractivity contribution in [3.63, 3.8) is 0 Å². The van der Waals surface area contributed by atoms with Crippen molar-refractivity contribution >= 4 is 15.8 Å². The Hall–Kier alpha value is -0.620. The minimum Gasteiger partial charge on any atom is -0.481 e. The zero-order valence-corrected chi connectivity index (χ0v) is 10.2. The van der Waals surface area contributed by atoms with Crippen LogP contribution in [0.4, 0.5) is 0 Å². The van der Waals surface area contributed by atoms with Crippen molar-refractivity contribution in [2.45, 2.75) is 19.3 Å². The van der Waals surface area contributed by atoms with Crippen molar-refractivity contribution in [2.24, 2.45) is 11.8 Å². The second-order valence-corrected chi connectivity index (χ2v) is 6.61. The highest BCUT2D eigenvalue weighted by atomic mass is 32.2. The molecule has 0 radical (unpaired) electrons. The number of methoxy groups -OCH3 is 1. The molecular formula is C10H18O5S. The molecule has 1 fully saturated rings. The normalized spacial score (nSPS) is 22.8. The minimum absolute atomic E-state index is 0.0541. The molecule has 0 spiro atoms. The molecule has 0 saturated carbocycles. The maximum absolute atomic E-state index is 11.3. The number of aliphatic carboxylic acids is 1. The first kappa shape index (κ1) is 13.4. The summed E-state index contributed by atoms with van der Waals surface area (Å²) >= 11 is 0. The van der Waals surface area contributed by atoms with E-state index in [1.807, 2.05) is 0 Å². The van der Waals surface area contributed by atoms with Crippen LogP contribution in [0.25, 0.3) is 0 Å². The summed E-state index contributed by atoms with van der Waals surface area (Å²) in [5.41, 5.74) is 0. The standard InChI is InChI=1S/C10H18O5S/c1-15-7-9(6-10(11)12)8-2-4-16(13,14)5-3-8/h8-9H,2-7H2,1H3,(H,11,12). The van der Waals surface area contributed by atoms with E-state index in [2.05, 4.69) is 0 Å². The van der Waals surface area contributed by atoms with Gasteiger partial charge in [-0.25, -0.2) is 8.42 Å². The molecule has 1 aliphatic heterocycles. The Morgan fingerprint density at radius 1 is 1.44 bits per heavy atom. The molecule has 1 atom stereocenters. The van der Waals surface area contributed by atoms with Gasteiger partial charge >= 0.3 is 5.97 Å². The van der Waals surface area contributed by atoms with Crippen LogP contribution >= 0.6 is 0 Å².